The van der Waals surface area contributed by atoms with Gasteiger partial charge >= 0.3 is 0 Å². The molecule has 0 saturated carbocycles. The lowest BCUT2D eigenvalue weighted by Gasteiger charge is -2.18. The van der Waals surface area contributed by atoms with E-state index >= 15 is 0 Å². The number of pyridine rings is 1. The molecule has 0 fully saturated rings. The van der Waals surface area contributed by atoms with Crippen molar-refractivity contribution in [2.24, 2.45) is 0 Å². The molecule has 21 heavy (non-hydrogen) atoms. The van der Waals surface area contributed by atoms with Crippen molar-refractivity contribution in [3.63, 3.8) is 0 Å². The Morgan fingerprint density at radius 1 is 1.10 bits per heavy atom. The number of amides is 1. The highest BCUT2D eigenvalue weighted by Crippen LogP contribution is 2.22. The molecular weight excluding hydrogens is 260 g/mol. The summed E-state index contributed by atoms with van der Waals surface area (Å²) in [6.07, 6.45) is 8.22. The van der Waals surface area contributed by atoms with Gasteiger partial charge in [0.2, 0.25) is 0 Å². The molecule has 1 heterocycles. The first-order valence-electron chi connectivity index (χ1n) is 7.56. The molecule has 1 aliphatic carbocycles. The van der Waals surface area contributed by atoms with Gasteiger partial charge < -0.3 is 5.32 Å². The molecule has 0 bridgehead atoms. The van der Waals surface area contributed by atoms with Gasteiger partial charge in [-0.1, -0.05) is 6.07 Å². The molecule has 1 amide bonds. The predicted octanol–water partition coefficient (Wildman–Crippen LogP) is 3.45. The molecule has 1 aliphatic rings. The van der Waals surface area contributed by atoms with Gasteiger partial charge in [-0.15, -0.1) is 0 Å². The maximum absolute atomic E-state index is 12.4. The summed E-state index contributed by atoms with van der Waals surface area (Å²) in [5.74, 6) is -0.00677. The normalized spacial score (nSPS) is 15.1. The largest absolute Gasteiger partial charge is 0.346 e. The minimum atomic E-state index is -0.0171. The highest BCUT2D eigenvalue weighted by atomic mass is 16.1. The van der Waals surface area contributed by atoms with Gasteiger partial charge in [0.15, 0.2) is 0 Å². The summed E-state index contributed by atoms with van der Waals surface area (Å²) in [6.45, 7) is 1.99. The number of carbonyl (C=O) groups is 1. The molecule has 1 N–H and O–H groups in total. The number of benzene rings is 1. The van der Waals surface area contributed by atoms with Gasteiger partial charge in [0, 0.05) is 18.0 Å². The van der Waals surface area contributed by atoms with Crippen LogP contribution in [0.3, 0.4) is 0 Å². The topological polar surface area (TPSA) is 42.0 Å². The maximum Gasteiger partial charge on any atom is 0.251 e. The highest BCUT2D eigenvalue weighted by molar-refractivity contribution is 5.94. The van der Waals surface area contributed by atoms with Crippen LogP contribution in [0.15, 0.2) is 42.7 Å². The van der Waals surface area contributed by atoms with Crippen LogP contribution in [0.25, 0.3) is 0 Å². The Hall–Kier alpha value is -2.16. The molecule has 1 aromatic carbocycles. The molecule has 3 nitrogen and oxygen atoms in total. The van der Waals surface area contributed by atoms with Crippen molar-refractivity contribution in [1.82, 2.24) is 10.3 Å². The number of aromatic nitrogens is 1. The van der Waals surface area contributed by atoms with Crippen molar-refractivity contribution >= 4 is 5.91 Å². The third-order valence-corrected chi connectivity index (χ3v) is 4.16. The molecule has 1 unspecified atom stereocenters. The van der Waals surface area contributed by atoms with E-state index in [-0.39, 0.29) is 11.9 Å². The van der Waals surface area contributed by atoms with Crippen LogP contribution in [0.4, 0.5) is 0 Å². The van der Waals surface area contributed by atoms with Crippen LogP contribution < -0.4 is 5.32 Å². The fourth-order valence-electron chi connectivity index (χ4n) is 2.89. The van der Waals surface area contributed by atoms with E-state index in [1.807, 2.05) is 25.1 Å². The van der Waals surface area contributed by atoms with Gasteiger partial charge in [-0.05, 0) is 73.6 Å². The minimum absolute atomic E-state index is 0.00677. The Bertz CT molecular complexity index is 637. The third kappa shape index (κ3) is 3.13. The van der Waals surface area contributed by atoms with E-state index in [9.17, 15) is 4.79 Å². The second-order valence-corrected chi connectivity index (χ2v) is 5.67. The second-order valence-electron chi connectivity index (χ2n) is 5.67. The molecule has 1 atom stereocenters. The van der Waals surface area contributed by atoms with E-state index < -0.39 is 0 Å². The average molecular weight is 280 g/mol. The fraction of sp³-hybridized carbons (Fsp3) is 0.333. The molecule has 0 radical (unpaired) electrons. The van der Waals surface area contributed by atoms with Crippen molar-refractivity contribution in [2.75, 3.05) is 0 Å². The number of nitrogens with one attached hydrogen (secondary N) is 1. The van der Waals surface area contributed by atoms with Crippen molar-refractivity contribution in [1.29, 1.82) is 0 Å². The van der Waals surface area contributed by atoms with E-state index in [4.69, 9.17) is 0 Å². The number of aryl methyl sites for hydroxylation is 2. The molecule has 0 spiro atoms. The van der Waals surface area contributed by atoms with Crippen LogP contribution in [0, 0.1) is 0 Å². The molecule has 3 rings (SSSR count). The maximum atomic E-state index is 12.4. The summed E-state index contributed by atoms with van der Waals surface area (Å²) in [7, 11) is 0. The Morgan fingerprint density at radius 3 is 2.57 bits per heavy atom. The summed E-state index contributed by atoms with van der Waals surface area (Å²) >= 11 is 0. The predicted molar refractivity (Wildman–Crippen MR) is 83.2 cm³/mol. The zero-order chi connectivity index (χ0) is 14.7. The number of hydrogen-bond donors (Lipinski definition) is 1. The van der Waals surface area contributed by atoms with Crippen molar-refractivity contribution in [2.45, 2.75) is 38.6 Å². The van der Waals surface area contributed by atoms with Crippen molar-refractivity contribution in [3.05, 3.63) is 65.0 Å². The standard InChI is InChI=1S/C18H20N2O/c1-13(14-8-10-19-11-9-14)20-18(21)17-7-6-15-4-2-3-5-16(15)12-17/h6-13H,2-5H2,1H3,(H,20,21). The summed E-state index contributed by atoms with van der Waals surface area (Å²) in [6, 6.07) is 9.95. The van der Waals surface area contributed by atoms with Crippen LogP contribution in [0.1, 0.15) is 52.9 Å². The summed E-state index contributed by atoms with van der Waals surface area (Å²) in [4.78, 5) is 16.4. The number of hydrogen-bond acceptors (Lipinski definition) is 2. The van der Waals surface area contributed by atoms with E-state index in [0.29, 0.717) is 0 Å². The SMILES string of the molecule is CC(NC(=O)c1ccc2c(c1)CCCC2)c1ccncc1. The Labute approximate surface area is 125 Å². The summed E-state index contributed by atoms with van der Waals surface area (Å²) in [5.41, 5.74) is 4.57. The number of fused-ring (bicyclic) bond motifs is 1. The quantitative estimate of drug-likeness (QED) is 0.935. The average Bonchev–Trinajstić information content (AvgIpc) is 2.55. The summed E-state index contributed by atoms with van der Waals surface area (Å²) < 4.78 is 0. The zero-order valence-corrected chi connectivity index (χ0v) is 12.3. The first kappa shape index (κ1) is 13.8. The smallest absolute Gasteiger partial charge is 0.251 e. The highest BCUT2D eigenvalue weighted by Gasteiger charge is 2.15. The van der Waals surface area contributed by atoms with Gasteiger partial charge in [0.25, 0.3) is 5.91 Å². The van der Waals surface area contributed by atoms with Crippen LogP contribution in [-0.4, -0.2) is 10.9 Å². The molecule has 0 saturated heterocycles. The van der Waals surface area contributed by atoms with Gasteiger partial charge in [-0.2, -0.15) is 0 Å². The van der Waals surface area contributed by atoms with E-state index in [1.54, 1.807) is 12.4 Å². The first-order chi connectivity index (χ1) is 10.2. The molecule has 3 heteroatoms. The molecule has 108 valence electrons. The molecular formula is C18H20N2O. The van der Waals surface area contributed by atoms with Crippen LogP contribution in [0.2, 0.25) is 0 Å². The van der Waals surface area contributed by atoms with Gasteiger partial charge in [-0.25, -0.2) is 0 Å². The van der Waals surface area contributed by atoms with Gasteiger partial charge in [0.1, 0.15) is 0 Å². The Morgan fingerprint density at radius 2 is 1.81 bits per heavy atom. The van der Waals surface area contributed by atoms with Gasteiger partial charge in [0.05, 0.1) is 6.04 Å². The minimum Gasteiger partial charge on any atom is -0.346 e. The van der Waals surface area contributed by atoms with Crippen molar-refractivity contribution < 1.29 is 4.79 Å². The monoisotopic (exact) mass is 280 g/mol. The number of carbonyl (C=O) groups excluding carboxylic acids is 1. The second kappa shape index (κ2) is 6.08. The molecule has 1 aromatic heterocycles. The summed E-state index contributed by atoms with van der Waals surface area (Å²) in [5, 5.41) is 3.05. The van der Waals surface area contributed by atoms with E-state index in [1.165, 1.54) is 24.0 Å². The van der Waals surface area contributed by atoms with E-state index in [2.05, 4.69) is 22.4 Å². The van der Waals surface area contributed by atoms with Crippen molar-refractivity contribution in [3.8, 4) is 0 Å². The van der Waals surface area contributed by atoms with Crippen LogP contribution >= 0.6 is 0 Å². The number of rotatable bonds is 3. The third-order valence-electron chi connectivity index (χ3n) is 4.16. The van der Waals surface area contributed by atoms with Gasteiger partial charge in [-0.3, -0.25) is 9.78 Å². The zero-order valence-electron chi connectivity index (χ0n) is 12.3. The van der Waals surface area contributed by atoms with Crippen LogP contribution in [0.5, 0.6) is 0 Å². The number of nitrogens with zero attached hydrogens (tertiary/aromatic N) is 1. The Kier molecular flexibility index (Phi) is 4.00. The molecule has 2 aromatic rings. The van der Waals surface area contributed by atoms with Crippen LogP contribution in [-0.2, 0) is 12.8 Å². The Balaban J connectivity index is 1.73. The fourth-order valence-corrected chi connectivity index (χ4v) is 2.89. The van der Waals surface area contributed by atoms with E-state index in [0.717, 1.165) is 24.0 Å². The lowest BCUT2D eigenvalue weighted by Crippen LogP contribution is -2.26. The lowest BCUT2D eigenvalue weighted by molar-refractivity contribution is 0.0939. The first-order valence-corrected chi connectivity index (χ1v) is 7.56. The molecule has 0 aliphatic heterocycles. The lowest BCUT2D eigenvalue weighted by atomic mass is 9.90.